The maximum absolute atomic E-state index is 10.4. The number of H-pyrrole nitrogens is 1. The molecule has 14 heavy (non-hydrogen) atoms. The molecule has 74 valence electrons. The number of aryl methyl sites for hydroxylation is 1. The van der Waals surface area contributed by atoms with Crippen molar-refractivity contribution in [3.63, 3.8) is 0 Å². The zero-order valence-electron chi connectivity index (χ0n) is 7.44. The first-order valence-corrected chi connectivity index (χ1v) is 5.20. The Hall–Kier alpha value is -1.56. The third kappa shape index (κ3) is 1.69. The molecule has 6 heteroatoms. The maximum atomic E-state index is 10.4. The van der Waals surface area contributed by atoms with Crippen molar-refractivity contribution in [1.82, 2.24) is 9.97 Å². The Morgan fingerprint density at radius 2 is 2.21 bits per heavy atom. The summed E-state index contributed by atoms with van der Waals surface area (Å²) in [5.74, 6) is 0.252. The highest BCUT2D eigenvalue weighted by atomic mass is 32.2. The highest BCUT2D eigenvalue weighted by Gasteiger charge is 2.01. The Morgan fingerprint density at radius 3 is 2.93 bits per heavy atom. The van der Waals surface area contributed by atoms with Crippen LogP contribution in [-0.2, 0) is 10.9 Å². The number of hydrogen-bond acceptors (Lipinski definition) is 3. The second-order valence-corrected chi connectivity index (χ2v) is 3.71. The summed E-state index contributed by atoms with van der Waals surface area (Å²) in [5, 5.41) is 0. The van der Waals surface area contributed by atoms with Crippen LogP contribution >= 0.6 is 0 Å². The van der Waals surface area contributed by atoms with Gasteiger partial charge in [-0.25, -0.2) is 13.4 Å². The Labute approximate surface area is 82.2 Å². The van der Waals surface area contributed by atoms with Crippen LogP contribution in [0.3, 0.4) is 0 Å². The largest absolute Gasteiger partial charge is 0.323 e. The molecule has 0 saturated carbocycles. The summed E-state index contributed by atoms with van der Waals surface area (Å²) < 4.78 is 23.0. The van der Waals surface area contributed by atoms with Crippen LogP contribution in [0.5, 0.6) is 0 Å². The van der Waals surface area contributed by atoms with Crippen molar-refractivity contribution in [2.24, 2.45) is 0 Å². The topological polar surface area (TPSA) is 74.8 Å². The van der Waals surface area contributed by atoms with Gasteiger partial charge in [0, 0.05) is 0 Å². The highest BCUT2D eigenvalue weighted by Crippen LogP contribution is 2.15. The van der Waals surface area contributed by atoms with Crippen molar-refractivity contribution in [2.75, 3.05) is 4.72 Å². The summed E-state index contributed by atoms with van der Waals surface area (Å²) >= 11 is 0. The fraction of sp³-hybridized carbons (Fsp3) is 0.125. The number of anilines is 1. The molecule has 0 spiro atoms. The molecule has 0 radical (unpaired) electrons. The van der Waals surface area contributed by atoms with Gasteiger partial charge < -0.3 is 4.98 Å². The predicted molar refractivity (Wildman–Crippen MR) is 54.8 cm³/mol. The van der Waals surface area contributed by atoms with Crippen LogP contribution in [0.1, 0.15) is 5.56 Å². The van der Waals surface area contributed by atoms with Gasteiger partial charge in [0.2, 0.25) is 16.8 Å². The van der Waals surface area contributed by atoms with E-state index in [0.29, 0.717) is 0 Å². The lowest BCUT2D eigenvalue weighted by Crippen LogP contribution is -1.95. The molecule has 5 nitrogen and oxygen atoms in total. The van der Waals surface area contributed by atoms with Crippen LogP contribution in [-0.4, -0.2) is 18.4 Å². The number of aromatic nitrogens is 2. The molecule has 0 aliphatic carbocycles. The zero-order chi connectivity index (χ0) is 10.1. The third-order valence-corrected chi connectivity index (χ3v) is 2.23. The molecule has 2 aromatic rings. The molecular formula is C8H9N3O2S. The SMILES string of the molecule is Cc1ccc2nc(N[SH](=O)=O)[nH]c2c1. The predicted octanol–water partition coefficient (Wildman–Crippen LogP) is 0.810. The van der Waals surface area contributed by atoms with Gasteiger partial charge in [0.1, 0.15) is 0 Å². The number of hydrogen-bond donors (Lipinski definition) is 3. The Balaban J connectivity index is 2.51. The number of fused-ring (bicyclic) bond motifs is 1. The van der Waals surface area contributed by atoms with E-state index >= 15 is 0 Å². The quantitative estimate of drug-likeness (QED) is 0.643. The molecule has 0 aliphatic heterocycles. The molecule has 1 heterocycles. The van der Waals surface area contributed by atoms with Crippen molar-refractivity contribution < 1.29 is 8.42 Å². The summed E-state index contributed by atoms with van der Waals surface area (Å²) in [6.45, 7) is 1.96. The first-order chi connectivity index (χ1) is 6.65. The van der Waals surface area contributed by atoms with Crippen LogP contribution in [0.15, 0.2) is 18.2 Å². The van der Waals surface area contributed by atoms with Crippen LogP contribution in [0.4, 0.5) is 5.95 Å². The van der Waals surface area contributed by atoms with E-state index in [1.165, 1.54) is 0 Å². The molecule has 0 fully saturated rings. The van der Waals surface area contributed by atoms with Gasteiger partial charge in [-0.3, -0.25) is 4.72 Å². The standard InChI is InChI=1S/C8H9N3O2S/c1-5-2-3-6-7(4-5)10-8(9-6)11-14(12)13/h2-4,14H,1H3,(H2,9,10,11,12,13). The van der Waals surface area contributed by atoms with Gasteiger partial charge in [-0.15, -0.1) is 0 Å². The molecule has 2 N–H and O–H groups in total. The molecule has 0 saturated heterocycles. The number of aromatic amines is 1. The van der Waals surface area contributed by atoms with Crippen molar-refractivity contribution in [1.29, 1.82) is 0 Å². The van der Waals surface area contributed by atoms with Crippen LogP contribution in [0.2, 0.25) is 0 Å². The first-order valence-electron chi connectivity index (χ1n) is 4.02. The number of imidazole rings is 1. The summed E-state index contributed by atoms with van der Waals surface area (Å²) in [6.07, 6.45) is 0. The number of nitrogens with one attached hydrogen (secondary N) is 2. The van der Waals surface area contributed by atoms with Gasteiger partial charge in [0.15, 0.2) is 0 Å². The van der Waals surface area contributed by atoms with E-state index in [0.717, 1.165) is 16.6 Å². The van der Waals surface area contributed by atoms with Crippen LogP contribution in [0.25, 0.3) is 11.0 Å². The van der Waals surface area contributed by atoms with Crippen molar-refractivity contribution in [3.05, 3.63) is 23.8 Å². The highest BCUT2D eigenvalue weighted by molar-refractivity contribution is 7.73. The van der Waals surface area contributed by atoms with E-state index in [1.807, 2.05) is 25.1 Å². The molecular weight excluding hydrogens is 202 g/mol. The smallest absolute Gasteiger partial charge is 0.224 e. The van der Waals surface area contributed by atoms with E-state index in [9.17, 15) is 8.42 Å². The van der Waals surface area contributed by atoms with Crippen molar-refractivity contribution in [2.45, 2.75) is 6.92 Å². The minimum absolute atomic E-state index is 0.252. The molecule has 0 unspecified atom stereocenters. The van der Waals surface area contributed by atoms with Gasteiger partial charge in [0.05, 0.1) is 11.0 Å². The summed E-state index contributed by atoms with van der Waals surface area (Å²) in [4.78, 5) is 6.91. The van der Waals surface area contributed by atoms with E-state index in [-0.39, 0.29) is 5.95 Å². The number of nitrogens with zero attached hydrogens (tertiary/aromatic N) is 1. The van der Waals surface area contributed by atoms with Gasteiger partial charge in [-0.05, 0) is 24.6 Å². The van der Waals surface area contributed by atoms with Gasteiger partial charge in [-0.2, -0.15) is 0 Å². The first kappa shape index (κ1) is 9.01. The monoisotopic (exact) mass is 211 g/mol. The number of thiol groups is 1. The Kier molecular flexibility index (Phi) is 2.12. The minimum Gasteiger partial charge on any atom is -0.323 e. The summed E-state index contributed by atoms with van der Waals surface area (Å²) in [5.41, 5.74) is 2.67. The summed E-state index contributed by atoms with van der Waals surface area (Å²) in [6, 6.07) is 5.67. The average Bonchev–Trinajstić information content (AvgIpc) is 2.44. The second-order valence-electron chi connectivity index (χ2n) is 2.97. The number of rotatable bonds is 2. The fourth-order valence-corrected chi connectivity index (χ4v) is 1.54. The third-order valence-electron chi connectivity index (χ3n) is 1.83. The molecule has 0 amide bonds. The van der Waals surface area contributed by atoms with Gasteiger partial charge in [-0.1, -0.05) is 6.07 Å². The molecule has 1 aromatic carbocycles. The van der Waals surface area contributed by atoms with E-state index < -0.39 is 10.9 Å². The molecule has 0 atom stereocenters. The Bertz CT molecular complexity index is 537. The van der Waals surface area contributed by atoms with E-state index in [2.05, 4.69) is 14.7 Å². The average molecular weight is 211 g/mol. The zero-order valence-corrected chi connectivity index (χ0v) is 8.34. The van der Waals surface area contributed by atoms with Crippen LogP contribution < -0.4 is 4.72 Å². The fourth-order valence-electron chi connectivity index (χ4n) is 1.26. The van der Waals surface area contributed by atoms with E-state index in [4.69, 9.17) is 0 Å². The molecule has 2 rings (SSSR count). The molecule has 0 bridgehead atoms. The van der Waals surface area contributed by atoms with Crippen LogP contribution in [0, 0.1) is 6.92 Å². The second kappa shape index (κ2) is 3.30. The lowest BCUT2D eigenvalue weighted by Gasteiger charge is -1.89. The van der Waals surface area contributed by atoms with E-state index in [1.54, 1.807) is 0 Å². The van der Waals surface area contributed by atoms with Gasteiger partial charge >= 0.3 is 0 Å². The van der Waals surface area contributed by atoms with Gasteiger partial charge in [0.25, 0.3) is 0 Å². The lowest BCUT2D eigenvalue weighted by atomic mass is 10.2. The minimum atomic E-state index is -2.67. The van der Waals surface area contributed by atoms with Crippen molar-refractivity contribution >= 4 is 27.9 Å². The number of benzene rings is 1. The Morgan fingerprint density at radius 1 is 1.43 bits per heavy atom. The lowest BCUT2D eigenvalue weighted by molar-refractivity contribution is 0.618. The molecule has 1 aromatic heterocycles. The summed E-state index contributed by atoms with van der Waals surface area (Å²) in [7, 11) is -2.67. The maximum Gasteiger partial charge on any atom is 0.224 e. The normalized spacial score (nSPS) is 11.0. The molecule has 0 aliphatic rings. The van der Waals surface area contributed by atoms with Crippen molar-refractivity contribution in [3.8, 4) is 0 Å².